The fourth-order valence-electron chi connectivity index (χ4n) is 2.02. The monoisotopic (exact) mass is 220 g/mol. The van der Waals surface area contributed by atoms with Gasteiger partial charge in [-0.3, -0.25) is 0 Å². The Balaban J connectivity index is 2.66. The lowest BCUT2D eigenvalue weighted by Crippen LogP contribution is -2.42. The van der Waals surface area contributed by atoms with Crippen molar-refractivity contribution in [3.8, 4) is 0 Å². The Labute approximate surface area is 99.3 Å². The van der Waals surface area contributed by atoms with Gasteiger partial charge in [-0.1, -0.05) is 49.8 Å². The summed E-state index contributed by atoms with van der Waals surface area (Å²) in [5.41, 5.74) is 8.69. The van der Waals surface area contributed by atoms with Gasteiger partial charge in [-0.15, -0.1) is 0 Å². The van der Waals surface area contributed by atoms with Crippen LogP contribution in [0, 0.1) is 5.41 Å². The molecule has 1 aliphatic heterocycles. The van der Waals surface area contributed by atoms with Crippen molar-refractivity contribution in [1.82, 2.24) is 5.32 Å². The van der Waals surface area contributed by atoms with Crippen LogP contribution in [0.5, 0.6) is 0 Å². The second kappa shape index (κ2) is 5.46. The molecular formula is C14H24N2. The molecule has 1 atom stereocenters. The maximum atomic E-state index is 5.80. The summed E-state index contributed by atoms with van der Waals surface area (Å²) in [5.74, 6) is 0. The zero-order valence-corrected chi connectivity index (χ0v) is 10.7. The van der Waals surface area contributed by atoms with Crippen LogP contribution in [0.4, 0.5) is 0 Å². The quantitative estimate of drug-likeness (QED) is 0.714. The molecule has 0 aromatic carbocycles. The van der Waals surface area contributed by atoms with Gasteiger partial charge >= 0.3 is 0 Å². The van der Waals surface area contributed by atoms with Crippen LogP contribution in [0.1, 0.15) is 27.2 Å². The fourth-order valence-corrected chi connectivity index (χ4v) is 2.02. The standard InChI is InChI=1S/C14H24N2/c1-5-6-11(2)7-12-8-13(16-9-12)14(3,4)10-15/h5-7,13,16H,1,8-10,15H2,2-4H3/b11-6-,12-7-. The molecule has 1 rings (SSSR count). The van der Waals surface area contributed by atoms with Gasteiger partial charge in [-0.25, -0.2) is 0 Å². The van der Waals surface area contributed by atoms with E-state index in [0.29, 0.717) is 6.04 Å². The van der Waals surface area contributed by atoms with Crippen molar-refractivity contribution < 1.29 is 0 Å². The van der Waals surface area contributed by atoms with Gasteiger partial charge in [0, 0.05) is 12.6 Å². The molecular weight excluding hydrogens is 196 g/mol. The predicted octanol–water partition coefficient (Wildman–Crippen LogP) is 2.39. The van der Waals surface area contributed by atoms with Gasteiger partial charge in [0.05, 0.1) is 0 Å². The Morgan fingerprint density at radius 3 is 2.88 bits per heavy atom. The number of hydrogen-bond acceptors (Lipinski definition) is 2. The molecule has 0 aromatic rings. The summed E-state index contributed by atoms with van der Waals surface area (Å²) < 4.78 is 0. The highest BCUT2D eigenvalue weighted by Crippen LogP contribution is 2.28. The van der Waals surface area contributed by atoms with Crippen LogP contribution in [0.3, 0.4) is 0 Å². The van der Waals surface area contributed by atoms with Crippen molar-refractivity contribution in [1.29, 1.82) is 0 Å². The summed E-state index contributed by atoms with van der Waals surface area (Å²) in [7, 11) is 0. The molecule has 16 heavy (non-hydrogen) atoms. The van der Waals surface area contributed by atoms with Gasteiger partial charge in [0.25, 0.3) is 0 Å². The molecule has 2 heteroatoms. The van der Waals surface area contributed by atoms with Crippen LogP contribution in [-0.4, -0.2) is 19.1 Å². The van der Waals surface area contributed by atoms with E-state index < -0.39 is 0 Å². The van der Waals surface area contributed by atoms with Gasteiger partial charge in [0.15, 0.2) is 0 Å². The van der Waals surface area contributed by atoms with Gasteiger partial charge in [-0.2, -0.15) is 0 Å². The molecule has 1 aliphatic rings. The normalized spacial score (nSPS) is 25.1. The molecule has 3 N–H and O–H groups in total. The molecule has 0 aromatic heterocycles. The van der Waals surface area contributed by atoms with Crippen molar-refractivity contribution in [2.24, 2.45) is 11.1 Å². The first-order valence-corrected chi connectivity index (χ1v) is 5.92. The third-order valence-electron chi connectivity index (χ3n) is 3.32. The highest BCUT2D eigenvalue weighted by Gasteiger charge is 2.32. The molecule has 0 aliphatic carbocycles. The highest BCUT2D eigenvalue weighted by molar-refractivity contribution is 5.28. The molecule has 2 nitrogen and oxygen atoms in total. The van der Waals surface area contributed by atoms with Crippen LogP contribution in [0.15, 0.2) is 36.0 Å². The van der Waals surface area contributed by atoms with E-state index in [-0.39, 0.29) is 5.41 Å². The lowest BCUT2D eigenvalue weighted by atomic mass is 9.83. The number of nitrogens with one attached hydrogen (secondary N) is 1. The van der Waals surface area contributed by atoms with Gasteiger partial charge < -0.3 is 11.1 Å². The average molecular weight is 220 g/mol. The molecule has 90 valence electrons. The third-order valence-corrected chi connectivity index (χ3v) is 3.32. The second-order valence-electron chi connectivity index (χ2n) is 5.28. The van der Waals surface area contributed by atoms with Crippen molar-refractivity contribution in [3.63, 3.8) is 0 Å². The van der Waals surface area contributed by atoms with E-state index in [1.54, 1.807) is 0 Å². The number of hydrogen-bond donors (Lipinski definition) is 2. The van der Waals surface area contributed by atoms with E-state index in [4.69, 9.17) is 5.73 Å². The minimum atomic E-state index is 0.172. The van der Waals surface area contributed by atoms with Crippen molar-refractivity contribution in [2.75, 3.05) is 13.1 Å². The Morgan fingerprint density at radius 2 is 2.31 bits per heavy atom. The summed E-state index contributed by atoms with van der Waals surface area (Å²) >= 11 is 0. The summed E-state index contributed by atoms with van der Waals surface area (Å²) in [5, 5.41) is 3.54. The van der Waals surface area contributed by atoms with E-state index in [2.05, 4.69) is 38.7 Å². The summed E-state index contributed by atoms with van der Waals surface area (Å²) in [6, 6.07) is 0.500. The molecule has 1 saturated heterocycles. The zero-order chi connectivity index (χ0) is 12.2. The first kappa shape index (κ1) is 13.2. The Kier molecular flexibility index (Phi) is 4.51. The number of rotatable bonds is 4. The number of nitrogens with two attached hydrogens (primary N) is 1. The maximum Gasteiger partial charge on any atom is 0.0171 e. The first-order chi connectivity index (χ1) is 7.49. The molecule has 0 saturated carbocycles. The van der Waals surface area contributed by atoms with E-state index in [1.807, 2.05) is 12.2 Å². The largest absolute Gasteiger partial charge is 0.330 e. The Hall–Kier alpha value is -0.860. The minimum absolute atomic E-state index is 0.172. The van der Waals surface area contributed by atoms with Crippen molar-refractivity contribution in [3.05, 3.63) is 36.0 Å². The SMILES string of the molecule is C=C/C=C(C)\C=C1/CNC(C(C)(C)CN)C1. The summed E-state index contributed by atoms with van der Waals surface area (Å²) in [6.07, 6.45) is 7.22. The fraction of sp³-hybridized carbons (Fsp3) is 0.571. The highest BCUT2D eigenvalue weighted by atomic mass is 15.0. The van der Waals surface area contributed by atoms with Crippen LogP contribution < -0.4 is 11.1 Å². The third kappa shape index (κ3) is 3.32. The molecule has 0 spiro atoms. The molecule has 0 amide bonds. The maximum absolute atomic E-state index is 5.80. The molecule has 1 heterocycles. The average Bonchev–Trinajstić information content (AvgIpc) is 2.67. The van der Waals surface area contributed by atoms with Gasteiger partial charge in [0.2, 0.25) is 0 Å². The molecule has 1 unspecified atom stereocenters. The molecule has 0 bridgehead atoms. The van der Waals surface area contributed by atoms with Crippen LogP contribution in [0.25, 0.3) is 0 Å². The Morgan fingerprint density at radius 1 is 1.62 bits per heavy atom. The Bertz CT molecular complexity index is 311. The van der Waals surface area contributed by atoms with Gasteiger partial charge in [-0.05, 0) is 25.3 Å². The minimum Gasteiger partial charge on any atom is -0.330 e. The molecule has 1 fully saturated rings. The van der Waals surface area contributed by atoms with E-state index in [9.17, 15) is 0 Å². The lowest BCUT2D eigenvalue weighted by Gasteiger charge is -2.29. The molecule has 0 radical (unpaired) electrons. The summed E-state index contributed by atoms with van der Waals surface area (Å²) in [4.78, 5) is 0. The smallest absolute Gasteiger partial charge is 0.0171 e. The predicted molar refractivity (Wildman–Crippen MR) is 71.3 cm³/mol. The van der Waals surface area contributed by atoms with Crippen LogP contribution >= 0.6 is 0 Å². The first-order valence-electron chi connectivity index (χ1n) is 5.92. The lowest BCUT2D eigenvalue weighted by molar-refractivity contribution is 0.276. The van der Waals surface area contributed by atoms with Crippen molar-refractivity contribution >= 4 is 0 Å². The van der Waals surface area contributed by atoms with E-state index in [0.717, 1.165) is 19.5 Å². The number of allylic oxidation sites excluding steroid dienone is 4. The zero-order valence-electron chi connectivity index (χ0n) is 10.7. The van der Waals surface area contributed by atoms with Crippen LogP contribution in [-0.2, 0) is 0 Å². The van der Waals surface area contributed by atoms with Crippen LogP contribution in [0.2, 0.25) is 0 Å². The topological polar surface area (TPSA) is 38.0 Å². The summed E-state index contributed by atoms with van der Waals surface area (Å²) in [6.45, 7) is 12.0. The van der Waals surface area contributed by atoms with Gasteiger partial charge in [0.1, 0.15) is 0 Å². The second-order valence-corrected chi connectivity index (χ2v) is 5.28. The van der Waals surface area contributed by atoms with E-state index >= 15 is 0 Å². The van der Waals surface area contributed by atoms with E-state index in [1.165, 1.54) is 11.1 Å². The van der Waals surface area contributed by atoms with Crippen molar-refractivity contribution in [2.45, 2.75) is 33.2 Å².